The van der Waals surface area contributed by atoms with Crippen molar-refractivity contribution in [2.45, 2.75) is 6.42 Å². The van der Waals surface area contributed by atoms with Gasteiger partial charge in [-0.15, -0.1) is 11.3 Å². The molecule has 2 aromatic heterocycles. The second kappa shape index (κ2) is 4.56. The molecule has 0 amide bonds. The molecule has 0 saturated heterocycles. The highest BCUT2D eigenvalue weighted by atomic mass is 32.1. The smallest absolute Gasteiger partial charge is 0.197 e. The number of hydrogen-bond acceptors (Lipinski definition) is 7. The normalized spacial score (nSPS) is 14.0. The summed E-state index contributed by atoms with van der Waals surface area (Å²) in [6.45, 7) is 1.54. The first-order valence-corrected chi connectivity index (χ1v) is 6.51. The van der Waals surface area contributed by atoms with Gasteiger partial charge in [0, 0.05) is 24.4 Å². The molecule has 3 rings (SSSR count). The number of nitrogen functional groups attached to an aromatic ring is 1. The topological polar surface area (TPSA) is 103 Å². The van der Waals surface area contributed by atoms with E-state index < -0.39 is 0 Å². The van der Waals surface area contributed by atoms with E-state index in [9.17, 15) is 0 Å². The van der Waals surface area contributed by atoms with Crippen molar-refractivity contribution in [1.82, 2.24) is 15.2 Å². The third-order valence-corrected chi connectivity index (χ3v) is 4.04. The molecule has 2 aromatic rings. The van der Waals surface area contributed by atoms with Gasteiger partial charge in [0.15, 0.2) is 5.13 Å². The second-order valence-corrected chi connectivity index (χ2v) is 5.11. The summed E-state index contributed by atoms with van der Waals surface area (Å²) in [4.78, 5) is 7.75. The second-order valence-electron chi connectivity index (χ2n) is 4.03. The first-order valence-electron chi connectivity index (χ1n) is 5.69. The maximum absolute atomic E-state index is 9.11. The van der Waals surface area contributed by atoms with Crippen LogP contribution in [0.4, 0.5) is 10.9 Å². The SMILES string of the molecule is NNc1nc2c(s1)CCN(CCO)c1[nH]ncc1-2. The minimum atomic E-state index is 0.120. The highest BCUT2D eigenvalue weighted by molar-refractivity contribution is 7.16. The number of β-amino-alcohol motifs (C(OH)–C–C–N with tert-alkyl or cyclic N) is 1. The molecule has 5 N–H and O–H groups in total. The molecule has 0 unspecified atom stereocenters. The van der Waals surface area contributed by atoms with Gasteiger partial charge in [-0.25, -0.2) is 10.8 Å². The number of thiazole rings is 1. The Hall–Kier alpha value is -1.64. The van der Waals surface area contributed by atoms with E-state index in [0.29, 0.717) is 11.7 Å². The Morgan fingerprint density at radius 2 is 2.50 bits per heavy atom. The lowest BCUT2D eigenvalue weighted by molar-refractivity contribution is 0.301. The fraction of sp³-hybridized carbons (Fsp3) is 0.400. The van der Waals surface area contributed by atoms with Crippen LogP contribution < -0.4 is 16.2 Å². The van der Waals surface area contributed by atoms with Crippen molar-refractivity contribution >= 4 is 22.3 Å². The molecule has 18 heavy (non-hydrogen) atoms. The number of anilines is 2. The number of aliphatic hydroxyl groups is 1. The fourth-order valence-electron chi connectivity index (χ4n) is 2.18. The number of fused-ring (bicyclic) bond motifs is 3. The average molecular weight is 266 g/mol. The van der Waals surface area contributed by atoms with Crippen molar-refractivity contribution in [3.8, 4) is 11.3 Å². The Labute approximate surface area is 108 Å². The summed E-state index contributed by atoms with van der Waals surface area (Å²) in [6, 6.07) is 0. The van der Waals surface area contributed by atoms with Gasteiger partial charge in [0.2, 0.25) is 0 Å². The van der Waals surface area contributed by atoms with Gasteiger partial charge < -0.3 is 10.0 Å². The van der Waals surface area contributed by atoms with Gasteiger partial charge in [0.1, 0.15) is 5.82 Å². The van der Waals surface area contributed by atoms with E-state index in [2.05, 4.69) is 25.5 Å². The number of aromatic amines is 1. The van der Waals surface area contributed by atoms with Crippen LogP contribution in [0.5, 0.6) is 0 Å². The van der Waals surface area contributed by atoms with Crippen molar-refractivity contribution in [3.05, 3.63) is 11.1 Å². The predicted molar refractivity (Wildman–Crippen MR) is 70.5 cm³/mol. The summed E-state index contributed by atoms with van der Waals surface area (Å²) < 4.78 is 0. The third-order valence-electron chi connectivity index (χ3n) is 2.99. The maximum Gasteiger partial charge on any atom is 0.197 e. The van der Waals surface area contributed by atoms with Gasteiger partial charge in [0.05, 0.1) is 24.1 Å². The molecule has 0 fully saturated rings. The maximum atomic E-state index is 9.11. The van der Waals surface area contributed by atoms with E-state index >= 15 is 0 Å². The number of rotatable bonds is 3. The molecule has 0 aromatic carbocycles. The number of aromatic nitrogens is 3. The van der Waals surface area contributed by atoms with Crippen molar-refractivity contribution in [1.29, 1.82) is 0 Å². The average Bonchev–Trinajstić information content (AvgIpc) is 2.98. The highest BCUT2D eigenvalue weighted by Gasteiger charge is 2.24. The Morgan fingerprint density at radius 3 is 3.28 bits per heavy atom. The molecule has 8 heteroatoms. The Kier molecular flexibility index (Phi) is 2.90. The first kappa shape index (κ1) is 11.5. The zero-order valence-corrected chi connectivity index (χ0v) is 10.5. The summed E-state index contributed by atoms with van der Waals surface area (Å²) in [7, 11) is 0. The van der Waals surface area contributed by atoms with Crippen LogP contribution in [0.3, 0.4) is 0 Å². The van der Waals surface area contributed by atoms with Crippen LogP contribution in [-0.4, -0.2) is 40.0 Å². The van der Waals surface area contributed by atoms with E-state index in [4.69, 9.17) is 10.9 Å². The van der Waals surface area contributed by atoms with Crippen LogP contribution in [0.2, 0.25) is 0 Å². The van der Waals surface area contributed by atoms with Gasteiger partial charge in [-0.3, -0.25) is 10.5 Å². The molecule has 96 valence electrons. The van der Waals surface area contributed by atoms with Crippen LogP contribution in [0.15, 0.2) is 6.20 Å². The Bertz CT molecular complexity index is 550. The molecule has 0 radical (unpaired) electrons. The zero-order chi connectivity index (χ0) is 12.5. The van der Waals surface area contributed by atoms with Crippen LogP contribution >= 0.6 is 11.3 Å². The van der Waals surface area contributed by atoms with Crippen LogP contribution in [0.1, 0.15) is 4.88 Å². The number of H-pyrrole nitrogens is 1. The van der Waals surface area contributed by atoms with Gasteiger partial charge >= 0.3 is 0 Å². The third kappa shape index (κ3) is 1.74. The van der Waals surface area contributed by atoms with Gasteiger partial charge in [0.25, 0.3) is 0 Å². The number of hydrazine groups is 1. The molecule has 0 spiro atoms. The minimum Gasteiger partial charge on any atom is -0.395 e. The Balaban J connectivity index is 2.07. The number of nitrogens with zero attached hydrogens (tertiary/aromatic N) is 3. The lowest BCUT2D eigenvalue weighted by Crippen LogP contribution is -2.28. The summed E-state index contributed by atoms with van der Waals surface area (Å²) in [5.41, 5.74) is 4.48. The van der Waals surface area contributed by atoms with Crippen LogP contribution in [0.25, 0.3) is 11.3 Å². The van der Waals surface area contributed by atoms with Gasteiger partial charge in [-0.1, -0.05) is 0 Å². The number of hydrogen-bond donors (Lipinski definition) is 4. The lowest BCUT2D eigenvalue weighted by Gasteiger charge is -2.20. The fourth-order valence-corrected chi connectivity index (χ4v) is 3.05. The Morgan fingerprint density at radius 1 is 1.61 bits per heavy atom. The molecular weight excluding hydrogens is 252 g/mol. The molecule has 0 atom stereocenters. The molecule has 0 saturated carbocycles. The summed E-state index contributed by atoms with van der Waals surface area (Å²) >= 11 is 1.56. The highest BCUT2D eigenvalue weighted by Crippen LogP contribution is 2.38. The quantitative estimate of drug-likeness (QED) is 0.466. The first-order chi connectivity index (χ1) is 8.83. The van der Waals surface area contributed by atoms with E-state index in [1.54, 1.807) is 17.5 Å². The molecular formula is C10H14N6OS. The van der Waals surface area contributed by atoms with Gasteiger partial charge in [-0.2, -0.15) is 5.10 Å². The number of nitrogens with one attached hydrogen (secondary N) is 2. The van der Waals surface area contributed by atoms with Crippen LogP contribution in [-0.2, 0) is 6.42 Å². The zero-order valence-electron chi connectivity index (χ0n) is 9.68. The minimum absolute atomic E-state index is 0.120. The van der Waals surface area contributed by atoms with Gasteiger partial charge in [-0.05, 0) is 0 Å². The van der Waals surface area contributed by atoms with E-state index in [0.717, 1.165) is 30.0 Å². The van der Waals surface area contributed by atoms with E-state index in [-0.39, 0.29) is 6.61 Å². The molecule has 1 aliphatic heterocycles. The van der Waals surface area contributed by atoms with Crippen molar-refractivity contribution in [2.24, 2.45) is 5.84 Å². The molecule has 3 heterocycles. The van der Waals surface area contributed by atoms with E-state index in [1.807, 2.05) is 0 Å². The largest absolute Gasteiger partial charge is 0.395 e. The summed E-state index contributed by atoms with van der Waals surface area (Å²) in [5, 5.41) is 16.9. The summed E-state index contributed by atoms with van der Waals surface area (Å²) in [5.74, 6) is 6.32. The monoisotopic (exact) mass is 266 g/mol. The standard InChI is InChI=1S/C10H14N6OS/c11-14-10-13-8-6-5-12-15-9(6)16(3-4-17)2-1-7(8)18-10/h5,17H,1-4,11H2,(H,12,15)(H,13,14). The van der Waals surface area contributed by atoms with E-state index in [1.165, 1.54) is 4.88 Å². The number of nitrogens with two attached hydrogens (primary N) is 1. The van der Waals surface area contributed by atoms with Crippen molar-refractivity contribution in [3.63, 3.8) is 0 Å². The molecule has 0 bridgehead atoms. The molecule has 1 aliphatic rings. The predicted octanol–water partition coefficient (Wildman–Crippen LogP) is 0.174. The lowest BCUT2D eigenvalue weighted by atomic mass is 10.2. The summed E-state index contributed by atoms with van der Waals surface area (Å²) in [6.07, 6.45) is 2.65. The molecule has 0 aliphatic carbocycles. The van der Waals surface area contributed by atoms with Crippen LogP contribution in [0, 0.1) is 0 Å². The number of aliphatic hydroxyl groups excluding tert-OH is 1. The van der Waals surface area contributed by atoms with Crippen molar-refractivity contribution in [2.75, 3.05) is 30.0 Å². The van der Waals surface area contributed by atoms with Crippen molar-refractivity contribution < 1.29 is 5.11 Å². The molecule has 7 nitrogen and oxygen atoms in total.